The molecule has 0 aliphatic rings. The van der Waals surface area contributed by atoms with E-state index in [1.165, 1.54) is 5.56 Å². The lowest BCUT2D eigenvalue weighted by molar-refractivity contribution is 0.507. The van der Waals surface area contributed by atoms with Crippen LogP contribution in [0.25, 0.3) is 0 Å². The number of hydrogen-bond donors (Lipinski definition) is 2. The van der Waals surface area contributed by atoms with E-state index in [0.717, 1.165) is 42.9 Å². The summed E-state index contributed by atoms with van der Waals surface area (Å²) in [6, 6.07) is 7.99. The Morgan fingerprint density at radius 2 is 2.08 bits per heavy atom. The number of nitrogens with zero attached hydrogens (tertiary/aromatic N) is 4. The van der Waals surface area contributed by atoms with Crippen molar-refractivity contribution in [1.29, 1.82) is 0 Å². The Morgan fingerprint density at radius 1 is 1.31 bits per heavy atom. The molecule has 0 aliphatic carbocycles. The number of aryl methyl sites for hydroxylation is 1. The third-order valence-electron chi connectivity index (χ3n) is 4.18. The van der Waals surface area contributed by atoms with E-state index in [-0.39, 0.29) is 29.4 Å². The molecule has 8 heteroatoms. The Hall–Kier alpha value is -1.35. The van der Waals surface area contributed by atoms with Crippen LogP contribution in [-0.4, -0.2) is 40.9 Å². The Labute approximate surface area is 177 Å². The Bertz CT molecular complexity index is 713. The molecule has 0 spiro atoms. The van der Waals surface area contributed by atoms with Gasteiger partial charge in [0, 0.05) is 43.5 Å². The van der Waals surface area contributed by atoms with Gasteiger partial charge in [-0.05, 0) is 17.7 Å². The highest BCUT2D eigenvalue weighted by Crippen LogP contribution is 2.24. The first kappa shape index (κ1) is 22.7. The Balaban J connectivity index is 0.00000338. The van der Waals surface area contributed by atoms with Crippen molar-refractivity contribution in [2.45, 2.75) is 39.2 Å². The van der Waals surface area contributed by atoms with Crippen molar-refractivity contribution >= 4 is 41.5 Å². The Kier molecular flexibility index (Phi) is 9.35. The minimum Gasteiger partial charge on any atom is -0.356 e. The molecular weight excluding hydrogens is 463 g/mol. The molecular formula is C18H28ClIN6. The van der Waals surface area contributed by atoms with E-state index >= 15 is 0 Å². The molecule has 1 aromatic carbocycles. The molecule has 2 aromatic rings. The fraction of sp³-hybridized carbons (Fsp3) is 0.500. The van der Waals surface area contributed by atoms with Gasteiger partial charge in [-0.25, -0.2) is 0 Å². The second-order valence-electron chi connectivity index (χ2n) is 6.54. The minimum atomic E-state index is -0.0633. The van der Waals surface area contributed by atoms with Gasteiger partial charge in [-0.2, -0.15) is 0 Å². The summed E-state index contributed by atoms with van der Waals surface area (Å²) in [7, 11) is 1.78. The predicted molar refractivity (Wildman–Crippen MR) is 119 cm³/mol. The number of hydrogen-bond acceptors (Lipinski definition) is 3. The summed E-state index contributed by atoms with van der Waals surface area (Å²) < 4.78 is 2.05. The molecule has 0 saturated heterocycles. The van der Waals surface area contributed by atoms with Crippen LogP contribution in [-0.2, 0) is 18.4 Å². The smallest absolute Gasteiger partial charge is 0.191 e. The molecule has 0 radical (unpaired) electrons. The van der Waals surface area contributed by atoms with Gasteiger partial charge in [0.15, 0.2) is 5.96 Å². The van der Waals surface area contributed by atoms with Gasteiger partial charge in [0.25, 0.3) is 0 Å². The lowest BCUT2D eigenvalue weighted by atomic mass is 9.84. The summed E-state index contributed by atoms with van der Waals surface area (Å²) in [5.41, 5.74) is 1.13. The number of rotatable bonds is 7. The summed E-state index contributed by atoms with van der Waals surface area (Å²) >= 11 is 6.11. The van der Waals surface area contributed by atoms with Gasteiger partial charge in [-0.1, -0.05) is 44.5 Å². The average Bonchev–Trinajstić information content (AvgIpc) is 3.05. The number of aliphatic imine (C=N–C) groups is 1. The van der Waals surface area contributed by atoms with E-state index in [1.807, 2.05) is 18.2 Å². The fourth-order valence-corrected chi connectivity index (χ4v) is 2.76. The van der Waals surface area contributed by atoms with E-state index < -0.39 is 0 Å². The maximum Gasteiger partial charge on any atom is 0.191 e. The van der Waals surface area contributed by atoms with Crippen LogP contribution in [0, 0.1) is 0 Å². The van der Waals surface area contributed by atoms with Gasteiger partial charge >= 0.3 is 0 Å². The molecule has 1 heterocycles. The molecule has 2 N–H and O–H groups in total. The van der Waals surface area contributed by atoms with Crippen LogP contribution in [0.4, 0.5) is 0 Å². The number of halogens is 2. The van der Waals surface area contributed by atoms with Crippen molar-refractivity contribution in [2.24, 2.45) is 4.99 Å². The number of aromatic nitrogens is 3. The van der Waals surface area contributed by atoms with Crippen molar-refractivity contribution in [3.63, 3.8) is 0 Å². The molecule has 0 fully saturated rings. The van der Waals surface area contributed by atoms with Gasteiger partial charge < -0.3 is 15.2 Å². The summed E-state index contributed by atoms with van der Waals surface area (Å²) in [4.78, 5) is 4.29. The monoisotopic (exact) mass is 490 g/mol. The fourth-order valence-electron chi connectivity index (χ4n) is 2.57. The van der Waals surface area contributed by atoms with Gasteiger partial charge in [0.1, 0.15) is 12.2 Å². The minimum absolute atomic E-state index is 0. The van der Waals surface area contributed by atoms with Gasteiger partial charge in [0.2, 0.25) is 0 Å². The van der Waals surface area contributed by atoms with Crippen LogP contribution < -0.4 is 10.6 Å². The standard InChI is InChI=1S/C18H27ClN6.HI/c1-5-16-24-23-13-25(16)10-9-21-17(20-4)22-12-18(2,3)14-7-6-8-15(19)11-14;/h6-8,11,13H,5,9-10,12H2,1-4H3,(H2,20,21,22);1H. The number of nitrogens with one attached hydrogen (secondary N) is 2. The second kappa shape index (κ2) is 10.7. The van der Waals surface area contributed by atoms with E-state index in [1.54, 1.807) is 13.4 Å². The molecule has 0 unspecified atom stereocenters. The van der Waals surface area contributed by atoms with Gasteiger partial charge in [0.05, 0.1) is 0 Å². The predicted octanol–water partition coefficient (Wildman–Crippen LogP) is 3.25. The van der Waals surface area contributed by atoms with Crippen molar-refractivity contribution < 1.29 is 0 Å². The van der Waals surface area contributed by atoms with Crippen LogP contribution in [0.3, 0.4) is 0 Å². The summed E-state index contributed by atoms with van der Waals surface area (Å²) in [5.74, 6) is 1.77. The first-order chi connectivity index (χ1) is 12.0. The number of benzene rings is 1. The molecule has 26 heavy (non-hydrogen) atoms. The first-order valence-corrected chi connectivity index (χ1v) is 8.91. The van der Waals surface area contributed by atoms with E-state index in [4.69, 9.17) is 11.6 Å². The zero-order valence-corrected chi connectivity index (χ0v) is 18.9. The van der Waals surface area contributed by atoms with Crippen molar-refractivity contribution in [2.75, 3.05) is 20.1 Å². The van der Waals surface area contributed by atoms with Crippen LogP contribution in [0.2, 0.25) is 5.02 Å². The van der Waals surface area contributed by atoms with Crippen molar-refractivity contribution in [3.05, 3.63) is 47.0 Å². The SMILES string of the molecule is CCc1nncn1CCNC(=NC)NCC(C)(C)c1cccc(Cl)c1.I. The summed E-state index contributed by atoms with van der Waals surface area (Å²) in [5, 5.41) is 15.5. The molecule has 144 valence electrons. The molecule has 0 aliphatic heterocycles. The number of guanidine groups is 1. The topological polar surface area (TPSA) is 67.1 Å². The highest BCUT2D eigenvalue weighted by molar-refractivity contribution is 14.0. The largest absolute Gasteiger partial charge is 0.356 e. The second-order valence-corrected chi connectivity index (χ2v) is 6.98. The lowest BCUT2D eigenvalue weighted by Gasteiger charge is -2.27. The molecule has 6 nitrogen and oxygen atoms in total. The van der Waals surface area contributed by atoms with Crippen molar-refractivity contribution in [3.8, 4) is 0 Å². The highest BCUT2D eigenvalue weighted by Gasteiger charge is 2.21. The third-order valence-corrected chi connectivity index (χ3v) is 4.42. The van der Waals surface area contributed by atoms with E-state index in [0.29, 0.717) is 0 Å². The lowest BCUT2D eigenvalue weighted by Crippen LogP contribution is -2.44. The maximum atomic E-state index is 6.11. The normalized spacial score (nSPS) is 11.8. The molecule has 0 saturated carbocycles. The van der Waals surface area contributed by atoms with Crippen LogP contribution in [0.5, 0.6) is 0 Å². The quantitative estimate of drug-likeness (QED) is 0.355. The summed E-state index contributed by atoms with van der Waals surface area (Å²) in [6.07, 6.45) is 2.64. The molecule has 2 rings (SSSR count). The van der Waals surface area contributed by atoms with Crippen molar-refractivity contribution in [1.82, 2.24) is 25.4 Å². The third kappa shape index (κ3) is 6.42. The Morgan fingerprint density at radius 3 is 2.73 bits per heavy atom. The molecule has 0 amide bonds. The summed E-state index contributed by atoms with van der Waals surface area (Å²) in [6.45, 7) is 8.75. The molecule has 1 aromatic heterocycles. The van der Waals surface area contributed by atoms with E-state index in [2.05, 4.69) is 57.2 Å². The van der Waals surface area contributed by atoms with E-state index in [9.17, 15) is 0 Å². The van der Waals surface area contributed by atoms with Gasteiger partial charge in [-0.15, -0.1) is 34.2 Å². The molecule has 0 bridgehead atoms. The van der Waals surface area contributed by atoms with Crippen LogP contribution >= 0.6 is 35.6 Å². The zero-order chi connectivity index (χ0) is 18.3. The van der Waals surface area contributed by atoms with Crippen LogP contribution in [0.15, 0.2) is 35.6 Å². The van der Waals surface area contributed by atoms with Gasteiger partial charge in [-0.3, -0.25) is 4.99 Å². The zero-order valence-electron chi connectivity index (χ0n) is 15.8. The first-order valence-electron chi connectivity index (χ1n) is 8.53. The average molecular weight is 491 g/mol. The maximum absolute atomic E-state index is 6.11. The highest BCUT2D eigenvalue weighted by atomic mass is 127. The molecule has 0 atom stereocenters. The van der Waals surface area contributed by atoms with Crippen LogP contribution in [0.1, 0.15) is 32.2 Å².